The second-order valence-electron chi connectivity index (χ2n) is 5.34. The minimum Gasteiger partial charge on any atom is -0.316 e. The first-order valence-corrected chi connectivity index (χ1v) is 9.40. The molecule has 3 rings (SSSR count). The van der Waals surface area contributed by atoms with Gasteiger partial charge in [0.15, 0.2) is 9.84 Å². The number of hydrogen-bond acceptors (Lipinski definition) is 6. The van der Waals surface area contributed by atoms with E-state index in [1.807, 2.05) is 0 Å². The summed E-state index contributed by atoms with van der Waals surface area (Å²) < 4.78 is 22.9. The summed E-state index contributed by atoms with van der Waals surface area (Å²) in [6.07, 6.45) is 1.14. The number of fused-ring (bicyclic) bond motifs is 1. The first-order valence-electron chi connectivity index (χ1n) is 6.77. The molecule has 6 nitrogen and oxygen atoms in total. The second kappa shape index (κ2) is 5.40. The molecule has 2 N–H and O–H groups in total. The van der Waals surface area contributed by atoms with Crippen molar-refractivity contribution in [3.63, 3.8) is 0 Å². The van der Waals surface area contributed by atoms with E-state index in [0.717, 1.165) is 23.4 Å². The summed E-state index contributed by atoms with van der Waals surface area (Å²) in [7, 11) is -3.08. The van der Waals surface area contributed by atoms with Crippen molar-refractivity contribution in [1.82, 2.24) is 5.32 Å². The quantitative estimate of drug-likeness (QED) is 0.831. The van der Waals surface area contributed by atoms with Crippen LogP contribution in [0.3, 0.4) is 0 Å². The van der Waals surface area contributed by atoms with Gasteiger partial charge in [0.1, 0.15) is 11.1 Å². The molecule has 1 unspecified atom stereocenters. The highest BCUT2D eigenvalue weighted by atomic mass is 32.2. The third kappa shape index (κ3) is 2.81. The number of nitriles is 1. The van der Waals surface area contributed by atoms with E-state index in [1.54, 1.807) is 0 Å². The Bertz CT molecular complexity index is 731. The topological polar surface area (TPSA) is 99.1 Å². The van der Waals surface area contributed by atoms with Gasteiger partial charge in [-0.05, 0) is 24.9 Å². The summed E-state index contributed by atoms with van der Waals surface area (Å²) >= 11 is 1.41. The smallest absolute Gasteiger partial charge is 0.229 e. The molecule has 0 aliphatic carbocycles. The highest BCUT2D eigenvalue weighted by molar-refractivity contribution is 7.91. The molecule has 0 aromatic carbocycles. The van der Waals surface area contributed by atoms with Crippen LogP contribution in [0.5, 0.6) is 0 Å². The molecule has 1 aromatic rings. The third-order valence-corrected chi connectivity index (χ3v) is 6.80. The van der Waals surface area contributed by atoms with Gasteiger partial charge in [0.25, 0.3) is 0 Å². The van der Waals surface area contributed by atoms with Crippen LogP contribution in [-0.4, -0.2) is 32.4 Å². The molecule has 1 fully saturated rings. The van der Waals surface area contributed by atoms with Crippen molar-refractivity contribution in [3.8, 4) is 6.07 Å². The Labute approximate surface area is 127 Å². The maximum Gasteiger partial charge on any atom is 0.229 e. The maximum atomic E-state index is 12.2. The van der Waals surface area contributed by atoms with E-state index in [1.165, 1.54) is 11.3 Å². The van der Waals surface area contributed by atoms with Crippen molar-refractivity contribution < 1.29 is 13.2 Å². The number of carbonyl (C=O) groups excluding carboxylic acids is 1. The Morgan fingerprint density at radius 1 is 1.48 bits per heavy atom. The number of amides is 1. The average Bonchev–Trinajstić information content (AvgIpc) is 2.98. The largest absolute Gasteiger partial charge is 0.316 e. The Morgan fingerprint density at radius 3 is 2.95 bits per heavy atom. The van der Waals surface area contributed by atoms with Crippen molar-refractivity contribution in [2.75, 3.05) is 23.4 Å². The van der Waals surface area contributed by atoms with Gasteiger partial charge in [-0.2, -0.15) is 5.26 Å². The van der Waals surface area contributed by atoms with Crippen molar-refractivity contribution in [1.29, 1.82) is 5.26 Å². The Balaban J connectivity index is 1.81. The third-order valence-electron chi connectivity index (χ3n) is 3.88. The molecule has 112 valence electrons. The normalized spacial score (nSPS) is 23.3. The zero-order valence-electron chi connectivity index (χ0n) is 11.3. The van der Waals surface area contributed by atoms with Gasteiger partial charge in [0, 0.05) is 11.4 Å². The maximum absolute atomic E-state index is 12.2. The summed E-state index contributed by atoms with van der Waals surface area (Å²) in [4.78, 5) is 13.3. The van der Waals surface area contributed by atoms with Gasteiger partial charge in [-0.25, -0.2) is 8.42 Å². The SMILES string of the molecule is N#Cc1c(NC(=O)C2CCS(=O)(=O)C2)sc2c1CCNC2. The number of carbonyl (C=O) groups is 1. The van der Waals surface area contributed by atoms with Crippen molar-refractivity contribution >= 4 is 32.1 Å². The van der Waals surface area contributed by atoms with Crippen molar-refractivity contribution in [2.45, 2.75) is 19.4 Å². The Morgan fingerprint density at radius 2 is 2.29 bits per heavy atom. The zero-order chi connectivity index (χ0) is 15.0. The summed E-state index contributed by atoms with van der Waals surface area (Å²) in [5.74, 6) is -0.813. The second-order valence-corrected chi connectivity index (χ2v) is 8.67. The van der Waals surface area contributed by atoms with Crippen LogP contribution in [0.4, 0.5) is 5.00 Å². The van der Waals surface area contributed by atoms with E-state index in [4.69, 9.17) is 0 Å². The first kappa shape index (κ1) is 14.5. The van der Waals surface area contributed by atoms with Crippen LogP contribution in [-0.2, 0) is 27.6 Å². The van der Waals surface area contributed by atoms with Crippen LogP contribution in [0.25, 0.3) is 0 Å². The molecule has 2 aliphatic rings. The van der Waals surface area contributed by atoms with Gasteiger partial charge in [-0.1, -0.05) is 0 Å². The lowest BCUT2D eigenvalue weighted by atomic mass is 10.0. The molecule has 0 bridgehead atoms. The van der Waals surface area contributed by atoms with Gasteiger partial charge < -0.3 is 10.6 Å². The summed E-state index contributed by atoms with van der Waals surface area (Å²) in [6, 6.07) is 2.17. The summed E-state index contributed by atoms with van der Waals surface area (Å²) in [5, 5.41) is 15.9. The van der Waals surface area contributed by atoms with Gasteiger partial charge in [-0.3, -0.25) is 4.79 Å². The molecule has 8 heteroatoms. The van der Waals surface area contributed by atoms with Crippen molar-refractivity contribution in [2.24, 2.45) is 5.92 Å². The Hall–Kier alpha value is -1.43. The number of thiophene rings is 1. The number of anilines is 1. The summed E-state index contributed by atoms with van der Waals surface area (Å²) in [6.45, 7) is 1.54. The zero-order valence-corrected chi connectivity index (χ0v) is 12.9. The van der Waals surface area contributed by atoms with Gasteiger partial charge >= 0.3 is 0 Å². The monoisotopic (exact) mass is 325 g/mol. The van der Waals surface area contributed by atoms with Gasteiger partial charge in [-0.15, -0.1) is 11.3 Å². The molecule has 21 heavy (non-hydrogen) atoms. The number of sulfone groups is 1. The lowest BCUT2D eigenvalue weighted by molar-refractivity contribution is -0.119. The van der Waals surface area contributed by atoms with Crippen LogP contribution in [0.2, 0.25) is 0 Å². The highest BCUT2D eigenvalue weighted by Crippen LogP contribution is 2.35. The molecule has 0 saturated carbocycles. The van der Waals surface area contributed by atoms with Gasteiger partial charge in [0.05, 0.1) is 23.0 Å². The lowest BCUT2D eigenvalue weighted by Crippen LogP contribution is -2.23. The van der Waals surface area contributed by atoms with E-state index in [-0.39, 0.29) is 17.4 Å². The van der Waals surface area contributed by atoms with E-state index in [9.17, 15) is 18.5 Å². The number of nitrogens with zero attached hydrogens (tertiary/aromatic N) is 1. The molecule has 1 atom stereocenters. The van der Waals surface area contributed by atoms with Crippen LogP contribution in [0, 0.1) is 17.2 Å². The van der Waals surface area contributed by atoms with Gasteiger partial charge in [0.2, 0.25) is 5.91 Å². The van der Waals surface area contributed by atoms with E-state index in [2.05, 4.69) is 16.7 Å². The molecule has 0 spiro atoms. The fraction of sp³-hybridized carbons (Fsp3) is 0.538. The minimum absolute atomic E-state index is 0.0705. The molecular weight excluding hydrogens is 310 g/mol. The molecular formula is C13H15N3O3S2. The standard InChI is InChI=1S/C13H15N3O3S2/c14-5-10-9-1-3-15-6-11(9)20-13(10)16-12(17)8-2-4-21(18,19)7-8/h8,15H,1-4,6-7H2,(H,16,17). The van der Waals surface area contributed by atoms with Crippen LogP contribution < -0.4 is 10.6 Å². The predicted octanol–water partition coefficient (Wildman–Crippen LogP) is 0.639. The fourth-order valence-corrected chi connectivity index (χ4v) is 5.67. The number of nitrogens with one attached hydrogen (secondary N) is 2. The molecule has 0 radical (unpaired) electrons. The number of rotatable bonds is 2. The predicted molar refractivity (Wildman–Crippen MR) is 79.8 cm³/mol. The van der Waals surface area contributed by atoms with E-state index >= 15 is 0 Å². The average molecular weight is 325 g/mol. The van der Waals surface area contributed by atoms with E-state index in [0.29, 0.717) is 23.5 Å². The molecule has 1 saturated heterocycles. The molecule has 1 amide bonds. The molecule has 1 aromatic heterocycles. The van der Waals surface area contributed by atoms with Crippen LogP contribution in [0.1, 0.15) is 22.4 Å². The van der Waals surface area contributed by atoms with Crippen molar-refractivity contribution in [3.05, 3.63) is 16.0 Å². The van der Waals surface area contributed by atoms with E-state index < -0.39 is 15.8 Å². The fourth-order valence-electron chi connectivity index (χ4n) is 2.76. The molecule has 2 aliphatic heterocycles. The Kier molecular flexibility index (Phi) is 3.73. The highest BCUT2D eigenvalue weighted by Gasteiger charge is 2.33. The minimum atomic E-state index is -3.08. The summed E-state index contributed by atoms with van der Waals surface area (Å²) in [5.41, 5.74) is 1.54. The lowest BCUT2D eigenvalue weighted by Gasteiger charge is -2.11. The van der Waals surface area contributed by atoms with Crippen LogP contribution in [0.15, 0.2) is 0 Å². The number of hydrogen-bond donors (Lipinski definition) is 2. The first-order chi connectivity index (χ1) is 10.00. The molecule has 3 heterocycles. The van der Waals surface area contributed by atoms with Crippen LogP contribution >= 0.6 is 11.3 Å².